The molecule has 0 radical (unpaired) electrons. The highest BCUT2D eigenvalue weighted by Gasteiger charge is 2.37. The first kappa shape index (κ1) is 37.9. The zero-order chi connectivity index (χ0) is 40.9. The maximum absolute atomic E-state index is 2.48. The van der Waals surface area contributed by atoms with Gasteiger partial charge in [-0.05, 0) is 150 Å². The summed E-state index contributed by atoms with van der Waals surface area (Å²) in [5.74, 6) is 0. The highest BCUT2D eigenvalue weighted by molar-refractivity contribution is 5.91. The molecule has 1 heteroatoms. The van der Waals surface area contributed by atoms with Gasteiger partial charge in [-0.25, -0.2) is 0 Å². The van der Waals surface area contributed by atoms with Crippen LogP contribution in [-0.4, -0.2) is 0 Å². The summed E-state index contributed by atoms with van der Waals surface area (Å²) in [5.41, 5.74) is 23.3. The molecule has 0 aliphatic heterocycles. The van der Waals surface area contributed by atoms with Crippen LogP contribution in [0.4, 0.5) is 17.1 Å². The minimum Gasteiger partial charge on any atom is -0.310 e. The fourth-order valence-electron chi connectivity index (χ4n) is 9.84. The molecule has 0 fully saturated rings. The quantitative estimate of drug-likeness (QED) is 0.169. The lowest BCUT2D eigenvalue weighted by Gasteiger charge is -2.30. The first-order valence-corrected chi connectivity index (χ1v) is 21.1. The smallest absolute Gasteiger partial charge is 0.0474 e. The van der Waals surface area contributed by atoms with E-state index in [1.165, 1.54) is 83.5 Å². The van der Waals surface area contributed by atoms with Crippen LogP contribution in [0.5, 0.6) is 0 Å². The first-order chi connectivity index (χ1) is 27.4. The third-order valence-corrected chi connectivity index (χ3v) is 13.4. The van der Waals surface area contributed by atoms with Crippen LogP contribution in [0, 0.1) is 6.92 Å². The molecule has 0 aromatic heterocycles. The highest BCUT2D eigenvalue weighted by atomic mass is 15.1. The standard InChI is InChI=1S/C57H57N/c1-36-48(37-20-30-46-44-16-12-14-18-50(44)56(8,9)52(46)32-37)34-43(35-49(36)38-21-31-47-45-17-13-15-19-51(45)57(10,11)53(47)33-38)58(41-26-22-39(23-27-41)54(2,3)4)42-28-24-40(25-29-42)55(5,6)7/h12-35H,1-11H3. The van der Waals surface area contributed by atoms with E-state index in [9.17, 15) is 0 Å². The van der Waals surface area contributed by atoms with E-state index >= 15 is 0 Å². The van der Waals surface area contributed by atoms with E-state index in [2.05, 4.69) is 227 Å². The number of anilines is 3. The van der Waals surface area contributed by atoms with Crippen molar-refractivity contribution >= 4 is 17.1 Å². The minimum absolute atomic E-state index is 0.0594. The SMILES string of the molecule is Cc1c(-c2ccc3c(c2)C(C)(C)c2ccccc2-3)cc(N(c2ccc(C(C)(C)C)cc2)c2ccc(C(C)(C)C)cc2)cc1-c1ccc2c(c1)C(C)(C)c1ccccc1-2. The Bertz CT molecular complexity index is 2540. The molecule has 0 spiro atoms. The molecular weight excluding hydrogens is 699 g/mol. The van der Waals surface area contributed by atoms with Crippen molar-refractivity contribution in [2.45, 2.75) is 97.8 Å². The highest BCUT2D eigenvalue weighted by Crippen LogP contribution is 2.52. The molecule has 0 saturated carbocycles. The van der Waals surface area contributed by atoms with Crippen LogP contribution < -0.4 is 4.90 Å². The van der Waals surface area contributed by atoms with Crippen molar-refractivity contribution in [1.29, 1.82) is 0 Å². The third-order valence-electron chi connectivity index (χ3n) is 13.4. The normalized spacial score (nSPS) is 14.7. The third kappa shape index (κ3) is 6.05. The molecule has 0 bridgehead atoms. The molecule has 2 aliphatic carbocycles. The predicted molar refractivity (Wildman–Crippen MR) is 249 cm³/mol. The molecule has 7 aromatic rings. The molecule has 0 unspecified atom stereocenters. The van der Waals surface area contributed by atoms with Crippen molar-refractivity contribution in [3.63, 3.8) is 0 Å². The maximum atomic E-state index is 2.48. The first-order valence-electron chi connectivity index (χ1n) is 21.1. The number of rotatable bonds is 5. The van der Waals surface area contributed by atoms with E-state index in [0.29, 0.717) is 0 Å². The molecule has 7 aromatic carbocycles. The molecule has 1 nitrogen and oxygen atoms in total. The van der Waals surface area contributed by atoms with E-state index in [-0.39, 0.29) is 21.7 Å². The summed E-state index contributed by atoms with van der Waals surface area (Å²) in [7, 11) is 0. The van der Waals surface area contributed by atoms with Crippen LogP contribution in [0.2, 0.25) is 0 Å². The Morgan fingerprint density at radius 2 is 0.724 bits per heavy atom. The summed E-state index contributed by atoms with van der Waals surface area (Å²) in [6, 6.07) is 55.6. The fraction of sp³-hybridized carbons (Fsp3) is 0.263. The van der Waals surface area contributed by atoms with Gasteiger partial charge in [0, 0.05) is 27.9 Å². The topological polar surface area (TPSA) is 3.24 Å². The molecule has 9 rings (SSSR count). The van der Waals surface area contributed by atoms with E-state index < -0.39 is 0 Å². The second-order valence-electron chi connectivity index (χ2n) is 20.0. The summed E-state index contributed by atoms with van der Waals surface area (Å²) in [6.45, 7) is 25.6. The van der Waals surface area contributed by atoms with E-state index in [1.54, 1.807) is 0 Å². The van der Waals surface area contributed by atoms with Crippen LogP contribution >= 0.6 is 0 Å². The lowest BCUT2D eigenvalue weighted by Crippen LogP contribution is -2.15. The van der Waals surface area contributed by atoms with Crippen molar-refractivity contribution in [2.75, 3.05) is 4.90 Å². The largest absolute Gasteiger partial charge is 0.310 e. The number of nitrogens with zero attached hydrogens (tertiary/aromatic N) is 1. The molecule has 2 aliphatic rings. The number of fused-ring (bicyclic) bond motifs is 6. The van der Waals surface area contributed by atoms with Gasteiger partial charge in [-0.1, -0.05) is 166 Å². The van der Waals surface area contributed by atoms with Gasteiger partial charge in [0.2, 0.25) is 0 Å². The van der Waals surface area contributed by atoms with Crippen LogP contribution in [0.15, 0.2) is 146 Å². The van der Waals surface area contributed by atoms with Gasteiger partial charge in [0.25, 0.3) is 0 Å². The average molecular weight is 756 g/mol. The van der Waals surface area contributed by atoms with Gasteiger partial charge in [-0.15, -0.1) is 0 Å². The summed E-state index contributed by atoms with van der Waals surface area (Å²) >= 11 is 0. The van der Waals surface area contributed by atoms with Gasteiger partial charge < -0.3 is 4.90 Å². The number of benzene rings is 7. The van der Waals surface area contributed by atoms with Gasteiger partial charge in [-0.3, -0.25) is 0 Å². The van der Waals surface area contributed by atoms with Crippen LogP contribution in [-0.2, 0) is 21.7 Å². The van der Waals surface area contributed by atoms with Crippen molar-refractivity contribution in [2.24, 2.45) is 0 Å². The second-order valence-corrected chi connectivity index (χ2v) is 20.0. The van der Waals surface area contributed by atoms with Gasteiger partial charge >= 0.3 is 0 Å². The molecule has 0 N–H and O–H groups in total. The Balaban J connectivity index is 1.29. The summed E-state index contributed by atoms with van der Waals surface area (Å²) in [6.07, 6.45) is 0. The van der Waals surface area contributed by atoms with Gasteiger partial charge in [-0.2, -0.15) is 0 Å². The lowest BCUT2D eigenvalue weighted by molar-refractivity contribution is 0.590. The fourth-order valence-corrected chi connectivity index (χ4v) is 9.84. The number of hydrogen-bond donors (Lipinski definition) is 0. The zero-order valence-electron chi connectivity index (χ0n) is 36.3. The van der Waals surface area contributed by atoms with Crippen molar-refractivity contribution in [3.05, 3.63) is 185 Å². The minimum atomic E-state index is -0.0908. The molecule has 0 atom stereocenters. The van der Waals surface area contributed by atoms with Gasteiger partial charge in [0.15, 0.2) is 0 Å². The van der Waals surface area contributed by atoms with Crippen molar-refractivity contribution in [1.82, 2.24) is 0 Å². The number of hydrogen-bond acceptors (Lipinski definition) is 1. The Morgan fingerprint density at radius 3 is 1.10 bits per heavy atom. The Hall–Kier alpha value is -5.66. The van der Waals surface area contributed by atoms with Crippen molar-refractivity contribution < 1.29 is 0 Å². The van der Waals surface area contributed by atoms with Gasteiger partial charge in [0.05, 0.1) is 0 Å². The maximum Gasteiger partial charge on any atom is 0.0474 e. The van der Waals surface area contributed by atoms with E-state index in [0.717, 1.165) is 17.1 Å². The summed E-state index contributed by atoms with van der Waals surface area (Å²) in [4.78, 5) is 2.46. The predicted octanol–water partition coefficient (Wildman–Crippen LogP) is 16.0. The molecule has 0 amide bonds. The second kappa shape index (κ2) is 13.2. The molecule has 58 heavy (non-hydrogen) atoms. The van der Waals surface area contributed by atoms with Crippen LogP contribution in [0.3, 0.4) is 0 Å². The van der Waals surface area contributed by atoms with E-state index in [4.69, 9.17) is 0 Å². The van der Waals surface area contributed by atoms with Crippen molar-refractivity contribution in [3.8, 4) is 44.5 Å². The Morgan fingerprint density at radius 1 is 0.362 bits per heavy atom. The average Bonchev–Trinajstić information content (AvgIpc) is 3.57. The van der Waals surface area contributed by atoms with Crippen LogP contribution in [0.1, 0.15) is 108 Å². The Kier molecular flexibility index (Phi) is 8.61. The Labute approximate surface area is 347 Å². The monoisotopic (exact) mass is 755 g/mol. The lowest BCUT2D eigenvalue weighted by atomic mass is 9.80. The van der Waals surface area contributed by atoms with Crippen LogP contribution in [0.25, 0.3) is 44.5 Å². The molecule has 0 saturated heterocycles. The summed E-state index contributed by atoms with van der Waals surface area (Å²) < 4.78 is 0. The molecular formula is C57H57N. The summed E-state index contributed by atoms with van der Waals surface area (Å²) in [5, 5.41) is 0. The molecule has 290 valence electrons. The van der Waals surface area contributed by atoms with E-state index in [1.807, 2.05) is 0 Å². The zero-order valence-corrected chi connectivity index (χ0v) is 36.3. The molecule has 0 heterocycles. The van der Waals surface area contributed by atoms with Gasteiger partial charge in [0.1, 0.15) is 0 Å².